The standard InChI is InChI=1S/C16H13Cl2N3O3/c17-12-5-3-6-13(18)11(12)8-20-21-15(23)9-19-16(24)10-4-1-2-7-14(10)22/h1-8,22H,9H2,(H,19,24)(H,21,23)/b20-8-. The molecule has 2 rings (SSSR count). The van der Waals surface area contributed by atoms with Gasteiger partial charge in [-0.1, -0.05) is 41.4 Å². The van der Waals surface area contributed by atoms with Gasteiger partial charge in [-0.2, -0.15) is 5.10 Å². The van der Waals surface area contributed by atoms with Crippen LogP contribution in [0.25, 0.3) is 0 Å². The molecule has 6 nitrogen and oxygen atoms in total. The minimum atomic E-state index is -0.568. The van der Waals surface area contributed by atoms with Crippen molar-refractivity contribution in [3.05, 3.63) is 63.6 Å². The van der Waals surface area contributed by atoms with Crippen molar-refractivity contribution in [3.8, 4) is 5.75 Å². The van der Waals surface area contributed by atoms with E-state index in [1.165, 1.54) is 18.3 Å². The van der Waals surface area contributed by atoms with E-state index in [1.54, 1.807) is 30.3 Å². The van der Waals surface area contributed by atoms with Gasteiger partial charge >= 0.3 is 0 Å². The van der Waals surface area contributed by atoms with Crippen molar-refractivity contribution in [2.24, 2.45) is 5.10 Å². The highest BCUT2D eigenvalue weighted by atomic mass is 35.5. The maximum absolute atomic E-state index is 11.8. The highest BCUT2D eigenvalue weighted by Crippen LogP contribution is 2.22. The van der Waals surface area contributed by atoms with Crippen LogP contribution in [0.3, 0.4) is 0 Å². The Balaban J connectivity index is 1.87. The van der Waals surface area contributed by atoms with Crippen LogP contribution in [0.1, 0.15) is 15.9 Å². The monoisotopic (exact) mass is 365 g/mol. The molecule has 0 aliphatic carbocycles. The van der Waals surface area contributed by atoms with Crippen molar-refractivity contribution >= 4 is 41.2 Å². The fourth-order valence-corrected chi connectivity index (χ4v) is 2.26. The Hall–Kier alpha value is -2.57. The maximum atomic E-state index is 11.8. The molecule has 0 heterocycles. The summed E-state index contributed by atoms with van der Waals surface area (Å²) < 4.78 is 0. The first kappa shape index (κ1) is 17.8. The Kier molecular flexibility index (Phi) is 6.17. The van der Waals surface area contributed by atoms with E-state index in [-0.39, 0.29) is 17.9 Å². The molecule has 0 aliphatic heterocycles. The summed E-state index contributed by atoms with van der Waals surface area (Å²) in [6, 6.07) is 11.0. The predicted molar refractivity (Wildman–Crippen MR) is 92.6 cm³/mol. The first-order chi connectivity index (χ1) is 11.5. The zero-order valence-corrected chi connectivity index (χ0v) is 13.8. The lowest BCUT2D eigenvalue weighted by Gasteiger charge is -2.06. The number of carbonyl (C=O) groups excluding carboxylic acids is 2. The number of benzene rings is 2. The van der Waals surface area contributed by atoms with E-state index >= 15 is 0 Å². The van der Waals surface area contributed by atoms with Gasteiger partial charge in [0.2, 0.25) is 0 Å². The van der Waals surface area contributed by atoms with Crippen LogP contribution in [0.5, 0.6) is 5.75 Å². The molecule has 124 valence electrons. The molecule has 0 aliphatic rings. The second-order valence-electron chi connectivity index (χ2n) is 4.63. The van der Waals surface area contributed by atoms with Gasteiger partial charge < -0.3 is 10.4 Å². The van der Waals surface area contributed by atoms with Crippen molar-refractivity contribution < 1.29 is 14.7 Å². The average Bonchev–Trinajstić information content (AvgIpc) is 2.56. The Morgan fingerprint density at radius 3 is 2.42 bits per heavy atom. The molecule has 0 aromatic heterocycles. The van der Waals surface area contributed by atoms with E-state index in [1.807, 2.05) is 0 Å². The zero-order valence-electron chi connectivity index (χ0n) is 12.3. The molecule has 0 saturated heterocycles. The summed E-state index contributed by atoms with van der Waals surface area (Å²) in [6.45, 7) is -0.305. The molecule has 3 N–H and O–H groups in total. The summed E-state index contributed by atoms with van der Waals surface area (Å²) in [5.74, 6) is -1.28. The molecule has 2 amide bonds. The fraction of sp³-hybridized carbons (Fsp3) is 0.0625. The van der Waals surface area contributed by atoms with E-state index in [0.717, 1.165) is 0 Å². The first-order valence-corrected chi connectivity index (χ1v) is 7.56. The second-order valence-corrected chi connectivity index (χ2v) is 5.44. The van der Waals surface area contributed by atoms with Crippen LogP contribution in [0.4, 0.5) is 0 Å². The number of halogens is 2. The van der Waals surface area contributed by atoms with Crippen molar-refractivity contribution in [1.82, 2.24) is 10.7 Å². The highest BCUT2D eigenvalue weighted by Gasteiger charge is 2.11. The van der Waals surface area contributed by atoms with Gasteiger partial charge in [0.1, 0.15) is 5.75 Å². The number of hydrogen-bond donors (Lipinski definition) is 3. The lowest BCUT2D eigenvalue weighted by molar-refractivity contribution is -0.120. The Labute approximate surface area is 148 Å². The number of amides is 2. The summed E-state index contributed by atoms with van der Waals surface area (Å²) >= 11 is 11.9. The molecular weight excluding hydrogens is 353 g/mol. The van der Waals surface area contributed by atoms with Crippen molar-refractivity contribution in [2.75, 3.05) is 6.54 Å². The third kappa shape index (κ3) is 4.71. The maximum Gasteiger partial charge on any atom is 0.259 e. The highest BCUT2D eigenvalue weighted by molar-refractivity contribution is 6.38. The third-order valence-corrected chi connectivity index (χ3v) is 3.60. The summed E-state index contributed by atoms with van der Waals surface area (Å²) in [5.41, 5.74) is 2.79. The summed E-state index contributed by atoms with van der Waals surface area (Å²) in [6.07, 6.45) is 1.31. The summed E-state index contributed by atoms with van der Waals surface area (Å²) in [5, 5.41) is 16.5. The lowest BCUT2D eigenvalue weighted by atomic mass is 10.2. The molecule has 0 fully saturated rings. The Morgan fingerprint density at radius 2 is 1.75 bits per heavy atom. The number of hydrogen-bond acceptors (Lipinski definition) is 4. The van der Waals surface area contributed by atoms with Crippen LogP contribution < -0.4 is 10.7 Å². The van der Waals surface area contributed by atoms with Crippen molar-refractivity contribution in [2.45, 2.75) is 0 Å². The number of rotatable bonds is 5. The minimum Gasteiger partial charge on any atom is -0.507 e. The third-order valence-electron chi connectivity index (χ3n) is 2.94. The molecule has 2 aromatic rings. The van der Waals surface area contributed by atoms with Crippen molar-refractivity contribution in [1.29, 1.82) is 0 Å². The normalized spacial score (nSPS) is 10.6. The summed E-state index contributed by atoms with van der Waals surface area (Å²) in [7, 11) is 0. The molecule has 0 unspecified atom stereocenters. The molecule has 0 bridgehead atoms. The number of aromatic hydroxyl groups is 1. The molecule has 0 atom stereocenters. The minimum absolute atomic E-state index is 0.0802. The number of carbonyl (C=O) groups is 2. The molecule has 24 heavy (non-hydrogen) atoms. The van der Waals surface area contributed by atoms with Crippen LogP contribution in [0.15, 0.2) is 47.6 Å². The number of nitrogens with zero attached hydrogens (tertiary/aromatic N) is 1. The number of nitrogens with one attached hydrogen (secondary N) is 2. The van der Waals surface area contributed by atoms with Gasteiger partial charge in [-0.25, -0.2) is 5.43 Å². The number of phenolic OH excluding ortho intramolecular Hbond substituents is 1. The number of hydrazone groups is 1. The Bertz CT molecular complexity index is 774. The van der Waals surface area contributed by atoms with Gasteiger partial charge in [-0.05, 0) is 24.3 Å². The quantitative estimate of drug-likeness (QED) is 0.561. The van der Waals surface area contributed by atoms with Gasteiger partial charge in [0.05, 0.1) is 28.4 Å². The number of para-hydroxylation sites is 1. The second kappa shape index (κ2) is 8.33. The van der Waals surface area contributed by atoms with E-state index in [0.29, 0.717) is 15.6 Å². The van der Waals surface area contributed by atoms with Crippen molar-refractivity contribution in [3.63, 3.8) is 0 Å². The summed E-state index contributed by atoms with van der Waals surface area (Å²) in [4.78, 5) is 23.5. The van der Waals surface area contributed by atoms with E-state index in [9.17, 15) is 14.7 Å². The van der Waals surface area contributed by atoms with Crippen LogP contribution >= 0.6 is 23.2 Å². The molecule has 0 saturated carbocycles. The SMILES string of the molecule is O=C(CNC(=O)c1ccccc1O)N/N=C\c1c(Cl)cccc1Cl. The van der Waals surface area contributed by atoms with E-state index in [2.05, 4.69) is 15.8 Å². The predicted octanol–water partition coefficient (Wildman–Crippen LogP) is 2.58. The fourth-order valence-electron chi connectivity index (χ4n) is 1.76. The van der Waals surface area contributed by atoms with E-state index in [4.69, 9.17) is 23.2 Å². The van der Waals surface area contributed by atoms with Crippen LogP contribution in [0.2, 0.25) is 10.0 Å². The van der Waals surface area contributed by atoms with Gasteiger partial charge in [-0.3, -0.25) is 9.59 Å². The molecule has 0 spiro atoms. The smallest absolute Gasteiger partial charge is 0.259 e. The largest absolute Gasteiger partial charge is 0.507 e. The molecule has 8 heteroatoms. The van der Waals surface area contributed by atoms with Crippen LogP contribution in [-0.2, 0) is 4.79 Å². The zero-order chi connectivity index (χ0) is 17.5. The number of phenols is 1. The molecule has 0 radical (unpaired) electrons. The topological polar surface area (TPSA) is 90.8 Å². The van der Waals surface area contributed by atoms with Gasteiger partial charge in [0.15, 0.2) is 0 Å². The Morgan fingerprint density at radius 1 is 1.08 bits per heavy atom. The van der Waals surface area contributed by atoms with Gasteiger partial charge in [0, 0.05) is 5.56 Å². The first-order valence-electron chi connectivity index (χ1n) is 6.81. The molecular formula is C16H13Cl2N3O3. The average molecular weight is 366 g/mol. The van der Waals surface area contributed by atoms with Crippen LogP contribution in [0, 0.1) is 0 Å². The molecule has 2 aromatic carbocycles. The van der Waals surface area contributed by atoms with Gasteiger partial charge in [0.25, 0.3) is 11.8 Å². The van der Waals surface area contributed by atoms with Gasteiger partial charge in [-0.15, -0.1) is 0 Å². The lowest BCUT2D eigenvalue weighted by Crippen LogP contribution is -2.34. The van der Waals surface area contributed by atoms with Crippen LogP contribution in [-0.4, -0.2) is 29.7 Å². The van der Waals surface area contributed by atoms with E-state index < -0.39 is 11.8 Å².